The summed E-state index contributed by atoms with van der Waals surface area (Å²) in [7, 11) is 0. The first-order valence-electron chi connectivity index (χ1n) is 5.07. The van der Waals surface area contributed by atoms with Crippen LogP contribution in [0.4, 0.5) is 0 Å². The lowest BCUT2D eigenvalue weighted by Gasteiger charge is -2.46. The van der Waals surface area contributed by atoms with Gasteiger partial charge in [-0.3, -0.25) is 5.32 Å². The Morgan fingerprint density at radius 2 is 2.00 bits per heavy atom. The Kier molecular flexibility index (Phi) is 2.13. The van der Waals surface area contributed by atoms with Crippen LogP contribution in [-0.4, -0.2) is 18.4 Å². The van der Waals surface area contributed by atoms with Crippen LogP contribution in [0.15, 0.2) is 0 Å². The molecule has 0 radical (unpaired) electrons. The van der Waals surface area contributed by atoms with Crippen molar-refractivity contribution in [2.75, 3.05) is 6.73 Å². The van der Waals surface area contributed by atoms with Gasteiger partial charge in [0.25, 0.3) is 0 Å². The summed E-state index contributed by atoms with van der Waals surface area (Å²) in [5.74, 6) is 0.736. The van der Waals surface area contributed by atoms with Gasteiger partial charge in [-0.15, -0.1) is 0 Å². The second kappa shape index (κ2) is 3.00. The minimum Gasteiger partial charge on any atom is -0.360 e. The highest BCUT2D eigenvalue weighted by Gasteiger charge is 2.40. The average molecular weight is 169 g/mol. The molecule has 0 spiro atoms. The molecule has 2 nitrogen and oxygen atoms in total. The topological polar surface area (TPSA) is 21.3 Å². The van der Waals surface area contributed by atoms with Crippen LogP contribution in [0.2, 0.25) is 0 Å². The normalized spacial score (nSPS) is 40.5. The van der Waals surface area contributed by atoms with Gasteiger partial charge in [-0.05, 0) is 26.7 Å². The fourth-order valence-electron chi connectivity index (χ4n) is 2.65. The smallest absolute Gasteiger partial charge is 0.0974 e. The van der Waals surface area contributed by atoms with Crippen LogP contribution in [0.3, 0.4) is 0 Å². The molecule has 2 fully saturated rings. The zero-order valence-electron chi connectivity index (χ0n) is 8.10. The Bertz CT molecular complexity index is 165. The standard InChI is InChI=1S/C10H19NO/c1-10(2)8-5-3-4-6-9(8)11-7-12-10/h8-9,11H,3-7H2,1-2H3/t8-,9-/m1/s1. The molecule has 1 saturated carbocycles. The van der Waals surface area contributed by atoms with Gasteiger partial charge in [0.2, 0.25) is 0 Å². The van der Waals surface area contributed by atoms with Gasteiger partial charge < -0.3 is 4.74 Å². The molecular formula is C10H19NO. The Hall–Kier alpha value is -0.0800. The number of rotatable bonds is 0. The van der Waals surface area contributed by atoms with Crippen molar-refractivity contribution in [1.82, 2.24) is 5.32 Å². The maximum Gasteiger partial charge on any atom is 0.0974 e. The molecule has 0 unspecified atom stereocenters. The molecule has 0 aromatic carbocycles. The van der Waals surface area contributed by atoms with Crippen LogP contribution in [0.5, 0.6) is 0 Å². The van der Waals surface area contributed by atoms with E-state index in [0.29, 0.717) is 0 Å². The van der Waals surface area contributed by atoms with E-state index in [1.807, 2.05) is 0 Å². The van der Waals surface area contributed by atoms with Crippen molar-refractivity contribution in [1.29, 1.82) is 0 Å². The fraction of sp³-hybridized carbons (Fsp3) is 1.00. The molecule has 2 rings (SSSR count). The van der Waals surface area contributed by atoms with Gasteiger partial charge in [-0.2, -0.15) is 0 Å². The van der Waals surface area contributed by atoms with E-state index in [-0.39, 0.29) is 5.60 Å². The molecule has 70 valence electrons. The van der Waals surface area contributed by atoms with Gasteiger partial charge in [0.1, 0.15) is 0 Å². The number of ether oxygens (including phenoxy) is 1. The molecule has 12 heavy (non-hydrogen) atoms. The molecule has 2 aliphatic rings. The van der Waals surface area contributed by atoms with Gasteiger partial charge >= 0.3 is 0 Å². The minimum absolute atomic E-state index is 0.107. The molecule has 0 aromatic heterocycles. The SMILES string of the molecule is CC1(C)OCN[C@@H]2CCCC[C@H]21. The highest BCUT2D eigenvalue weighted by atomic mass is 16.5. The summed E-state index contributed by atoms with van der Waals surface area (Å²) >= 11 is 0. The first-order chi connectivity index (χ1) is 5.70. The van der Waals surface area contributed by atoms with Crippen molar-refractivity contribution in [3.8, 4) is 0 Å². The summed E-state index contributed by atoms with van der Waals surface area (Å²) in [5.41, 5.74) is 0.107. The number of hydrogen-bond acceptors (Lipinski definition) is 2. The number of hydrogen-bond donors (Lipinski definition) is 1. The van der Waals surface area contributed by atoms with E-state index in [0.717, 1.165) is 18.7 Å². The molecule has 2 heteroatoms. The molecule has 1 aliphatic carbocycles. The number of nitrogens with one attached hydrogen (secondary N) is 1. The maximum atomic E-state index is 5.72. The van der Waals surface area contributed by atoms with Crippen LogP contribution in [0, 0.1) is 5.92 Å². The molecule has 1 aliphatic heterocycles. The van der Waals surface area contributed by atoms with Crippen LogP contribution in [0.25, 0.3) is 0 Å². The molecule has 1 N–H and O–H groups in total. The van der Waals surface area contributed by atoms with E-state index >= 15 is 0 Å². The lowest BCUT2D eigenvalue weighted by Crippen LogP contribution is -2.56. The summed E-state index contributed by atoms with van der Waals surface area (Å²) < 4.78 is 5.72. The van der Waals surface area contributed by atoms with E-state index < -0.39 is 0 Å². The third-order valence-electron chi connectivity index (χ3n) is 3.45. The molecule has 0 bridgehead atoms. The second-order valence-electron chi connectivity index (χ2n) is 4.59. The van der Waals surface area contributed by atoms with Crippen LogP contribution in [0.1, 0.15) is 39.5 Å². The third-order valence-corrected chi connectivity index (χ3v) is 3.45. The van der Waals surface area contributed by atoms with E-state index in [1.54, 1.807) is 0 Å². The van der Waals surface area contributed by atoms with Crippen molar-refractivity contribution in [3.63, 3.8) is 0 Å². The Morgan fingerprint density at radius 1 is 1.25 bits per heavy atom. The van der Waals surface area contributed by atoms with Crippen molar-refractivity contribution in [2.24, 2.45) is 5.92 Å². The highest BCUT2D eigenvalue weighted by Crippen LogP contribution is 2.37. The monoisotopic (exact) mass is 169 g/mol. The Balaban J connectivity index is 2.09. The first kappa shape index (κ1) is 8.52. The van der Waals surface area contributed by atoms with Gasteiger partial charge in [0.05, 0.1) is 12.3 Å². The van der Waals surface area contributed by atoms with Crippen molar-refractivity contribution in [2.45, 2.75) is 51.2 Å². The Labute approximate surface area is 74.7 Å². The molecular weight excluding hydrogens is 150 g/mol. The summed E-state index contributed by atoms with van der Waals surface area (Å²) in [6.45, 7) is 5.21. The molecule has 0 aromatic rings. The third kappa shape index (κ3) is 1.38. The van der Waals surface area contributed by atoms with Crippen molar-refractivity contribution >= 4 is 0 Å². The lowest BCUT2D eigenvalue weighted by atomic mass is 9.74. The molecule has 2 atom stereocenters. The number of fused-ring (bicyclic) bond motifs is 1. The van der Waals surface area contributed by atoms with E-state index in [4.69, 9.17) is 4.74 Å². The fourth-order valence-corrected chi connectivity index (χ4v) is 2.65. The lowest BCUT2D eigenvalue weighted by molar-refractivity contribution is -0.127. The van der Waals surface area contributed by atoms with Gasteiger partial charge in [-0.1, -0.05) is 12.8 Å². The van der Waals surface area contributed by atoms with Crippen LogP contribution in [-0.2, 0) is 4.74 Å². The summed E-state index contributed by atoms with van der Waals surface area (Å²) in [6.07, 6.45) is 5.46. The summed E-state index contributed by atoms with van der Waals surface area (Å²) in [4.78, 5) is 0. The van der Waals surface area contributed by atoms with Gasteiger partial charge in [0.15, 0.2) is 0 Å². The minimum atomic E-state index is 0.107. The molecule has 1 heterocycles. The van der Waals surface area contributed by atoms with Crippen LogP contribution < -0.4 is 5.32 Å². The van der Waals surface area contributed by atoms with Crippen LogP contribution >= 0.6 is 0 Å². The van der Waals surface area contributed by atoms with E-state index in [9.17, 15) is 0 Å². The molecule has 1 saturated heterocycles. The first-order valence-corrected chi connectivity index (χ1v) is 5.07. The highest BCUT2D eigenvalue weighted by molar-refractivity contribution is 4.93. The Morgan fingerprint density at radius 3 is 2.75 bits per heavy atom. The van der Waals surface area contributed by atoms with Gasteiger partial charge in [-0.25, -0.2) is 0 Å². The zero-order valence-corrected chi connectivity index (χ0v) is 8.10. The zero-order chi connectivity index (χ0) is 8.60. The quantitative estimate of drug-likeness (QED) is 0.598. The second-order valence-corrected chi connectivity index (χ2v) is 4.59. The van der Waals surface area contributed by atoms with Gasteiger partial charge in [0, 0.05) is 12.0 Å². The van der Waals surface area contributed by atoms with E-state index in [2.05, 4.69) is 19.2 Å². The van der Waals surface area contributed by atoms with Crippen molar-refractivity contribution in [3.05, 3.63) is 0 Å². The van der Waals surface area contributed by atoms with Crippen molar-refractivity contribution < 1.29 is 4.74 Å². The van der Waals surface area contributed by atoms with E-state index in [1.165, 1.54) is 25.7 Å². The maximum absolute atomic E-state index is 5.72. The largest absolute Gasteiger partial charge is 0.360 e. The summed E-state index contributed by atoms with van der Waals surface area (Å²) in [5, 5.41) is 3.45. The average Bonchev–Trinajstić information content (AvgIpc) is 2.04. The predicted molar refractivity (Wildman–Crippen MR) is 48.9 cm³/mol. The summed E-state index contributed by atoms with van der Waals surface area (Å²) in [6, 6.07) is 0.725. The molecule has 0 amide bonds. The predicted octanol–water partition coefficient (Wildman–Crippen LogP) is 1.90.